The van der Waals surface area contributed by atoms with Gasteiger partial charge in [-0.15, -0.1) is 0 Å². The van der Waals surface area contributed by atoms with Gasteiger partial charge in [-0.2, -0.15) is 0 Å². The smallest absolute Gasteiger partial charge is 0.274 e. The zero-order chi connectivity index (χ0) is 20.3. The first-order valence-corrected chi connectivity index (χ1v) is 10.2. The van der Waals surface area contributed by atoms with Crippen molar-refractivity contribution in [3.05, 3.63) is 72.6 Å². The Morgan fingerprint density at radius 1 is 0.897 bits per heavy atom. The Kier molecular flexibility index (Phi) is 5.05. The lowest BCUT2D eigenvalue weighted by Gasteiger charge is -2.19. The number of nitrogens with one attached hydrogen (secondary N) is 2. The molecule has 3 aromatic rings. The number of hydrogen-bond donors (Lipinski definition) is 2. The van der Waals surface area contributed by atoms with Crippen molar-refractivity contribution in [2.24, 2.45) is 0 Å². The van der Waals surface area contributed by atoms with Crippen molar-refractivity contribution in [3.63, 3.8) is 0 Å². The topological polar surface area (TPSA) is 107 Å². The summed E-state index contributed by atoms with van der Waals surface area (Å²) in [5.41, 5.74) is 1.09. The number of rotatable bonds is 5. The van der Waals surface area contributed by atoms with Gasteiger partial charge in [0.15, 0.2) is 11.5 Å². The third kappa shape index (κ3) is 4.30. The van der Waals surface area contributed by atoms with Crippen LogP contribution in [-0.2, 0) is 10.0 Å². The molecule has 0 fully saturated rings. The lowest BCUT2D eigenvalue weighted by Crippen LogP contribution is -2.17. The molecule has 0 saturated heterocycles. The maximum Gasteiger partial charge on any atom is 0.274 e. The highest BCUT2D eigenvalue weighted by Gasteiger charge is 2.17. The molecule has 1 aliphatic heterocycles. The first-order valence-electron chi connectivity index (χ1n) is 8.76. The van der Waals surface area contributed by atoms with Gasteiger partial charge in [0.2, 0.25) is 0 Å². The van der Waals surface area contributed by atoms with Gasteiger partial charge in [-0.3, -0.25) is 14.5 Å². The Hall–Kier alpha value is -3.59. The van der Waals surface area contributed by atoms with Gasteiger partial charge < -0.3 is 14.8 Å². The van der Waals surface area contributed by atoms with Crippen molar-refractivity contribution in [2.45, 2.75) is 4.90 Å². The fourth-order valence-corrected chi connectivity index (χ4v) is 3.78. The van der Waals surface area contributed by atoms with E-state index in [1.807, 2.05) is 0 Å². The number of carbonyl (C=O) groups excluding carboxylic acids is 1. The summed E-state index contributed by atoms with van der Waals surface area (Å²) in [6.07, 6.45) is 1.52. The molecule has 0 spiro atoms. The highest BCUT2D eigenvalue weighted by molar-refractivity contribution is 7.92. The molecule has 0 radical (unpaired) electrons. The van der Waals surface area contributed by atoms with E-state index in [9.17, 15) is 13.2 Å². The van der Waals surface area contributed by atoms with E-state index in [2.05, 4.69) is 15.0 Å². The third-order valence-corrected chi connectivity index (χ3v) is 5.51. The molecule has 2 aromatic carbocycles. The van der Waals surface area contributed by atoms with E-state index < -0.39 is 10.0 Å². The molecular formula is C20H17N3O5S. The van der Waals surface area contributed by atoms with Crippen molar-refractivity contribution in [1.29, 1.82) is 0 Å². The summed E-state index contributed by atoms with van der Waals surface area (Å²) in [4.78, 5) is 16.2. The first kappa shape index (κ1) is 18.8. The number of amides is 1. The molecule has 0 atom stereocenters. The third-order valence-electron chi connectivity index (χ3n) is 4.11. The van der Waals surface area contributed by atoms with Crippen LogP contribution in [-0.4, -0.2) is 32.5 Å². The minimum Gasteiger partial charge on any atom is -0.486 e. The molecule has 1 amide bonds. The highest BCUT2D eigenvalue weighted by Crippen LogP contribution is 2.33. The number of pyridine rings is 1. The Bertz CT molecular complexity index is 1130. The van der Waals surface area contributed by atoms with Crippen LogP contribution in [0.25, 0.3) is 0 Å². The van der Waals surface area contributed by atoms with Crippen LogP contribution in [0.5, 0.6) is 11.5 Å². The average Bonchev–Trinajstić information content (AvgIpc) is 2.74. The largest absolute Gasteiger partial charge is 0.486 e. The monoisotopic (exact) mass is 411 g/mol. The van der Waals surface area contributed by atoms with Gasteiger partial charge in [0.1, 0.15) is 18.9 Å². The van der Waals surface area contributed by atoms with E-state index in [1.54, 1.807) is 36.4 Å². The number of aromatic nitrogens is 1. The number of sulfonamides is 1. The first-order chi connectivity index (χ1) is 14.0. The highest BCUT2D eigenvalue weighted by atomic mass is 32.2. The summed E-state index contributed by atoms with van der Waals surface area (Å²) >= 11 is 0. The molecule has 0 unspecified atom stereocenters. The summed E-state index contributed by atoms with van der Waals surface area (Å²) < 4.78 is 38.7. The number of anilines is 2. The second kappa shape index (κ2) is 7.80. The van der Waals surface area contributed by atoms with Crippen LogP contribution >= 0.6 is 0 Å². The molecule has 29 heavy (non-hydrogen) atoms. The fourth-order valence-electron chi connectivity index (χ4n) is 2.73. The molecule has 1 aliphatic rings. The number of hydrogen-bond acceptors (Lipinski definition) is 6. The van der Waals surface area contributed by atoms with E-state index in [-0.39, 0.29) is 16.5 Å². The molecule has 148 valence electrons. The lowest BCUT2D eigenvalue weighted by atomic mass is 10.3. The predicted octanol–water partition coefficient (Wildman–Crippen LogP) is 2.91. The van der Waals surface area contributed by atoms with Gasteiger partial charge in [-0.1, -0.05) is 6.07 Å². The molecule has 2 heterocycles. The summed E-state index contributed by atoms with van der Waals surface area (Å²) in [6.45, 7) is 0.871. The lowest BCUT2D eigenvalue weighted by molar-refractivity contribution is 0.102. The van der Waals surface area contributed by atoms with Crippen molar-refractivity contribution in [1.82, 2.24) is 4.98 Å². The second-order valence-corrected chi connectivity index (χ2v) is 7.84. The molecule has 8 nitrogen and oxygen atoms in total. The standard InChI is InChI=1S/C20H17N3O5S/c24-20(17-3-1-2-10-21-17)22-14-4-7-16(8-5-14)29(25,26)23-15-6-9-18-19(13-15)28-12-11-27-18/h1-10,13,23H,11-12H2,(H,22,24). The van der Waals surface area contributed by atoms with E-state index in [1.165, 1.54) is 30.5 Å². The van der Waals surface area contributed by atoms with Crippen LogP contribution in [0.15, 0.2) is 71.8 Å². The predicted molar refractivity (Wildman–Crippen MR) is 107 cm³/mol. The summed E-state index contributed by atoms with van der Waals surface area (Å²) in [5, 5.41) is 2.67. The summed E-state index contributed by atoms with van der Waals surface area (Å²) in [6, 6.07) is 15.7. The van der Waals surface area contributed by atoms with Crippen molar-refractivity contribution < 1.29 is 22.7 Å². The van der Waals surface area contributed by atoms with E-state index in [0.29, 0.717) is 36.1 Å². The van der Waals surface area contributed by atoms with Crippen LogP contribution in [0.4, 0.5) is 11.4 Å². The van der Waals surface area contributed by atoms with Crippen LogP contribution in [0, 0.1) is 0 Å². The summed E-state index contributed by atoms with van der Waals surface area (Å²) in [5.74, 6) is 0.687. The Morgan fingerprint density at radius 2 is 1.62 bits per heavy atom. The SMILES string of the molecule is O=C(Nc1ccc(S(=O)(=O)Nc2ccc3c(c2)OCCO3)cc1)c1ccccn1. The number of ether oxygens (including phenoxy) is 2. The van der Waals surface area contributed by atoms with Gasteiger partial charge in [0, 0.05) is 18.0 Å². The number of fused-ring (bicyclic) bond motifs is 1. The number of nitrogens with zero attached hydrogens (tertiary/aromatic N) is 1. The van der Waals surface area contributed by atoms with E-state index in [4.69, 9.17) is 9.47 Å². The maximum absolute atomic E-state index is 12.6. The Labute approximate surface area is 167 Å². The van der Waals surface area contributed by atoms with E-state index in [0.717, 1.165) is 0 Å². The van der Waals surface area contributed by atoms with Crippen LogP contribution in [0.3, 0.4) is 0 Å². The minimum atomic E-state index is -3.81. The quantitative estimate of drug-likeness (QED) is 0.669. The Balaban J connectivity index is 1.47. The van der Waals surface area contributed by atoms with Crippen molar-refractivity contribution in [2.75, 3.05) is 23.3 Å². The molecule has 9 heteroatoms. The summed E-state index contributed by atoms with van der Waals surface area (Å²) in [7, 11) is -3.81. The normalized spacial score (nSPS) is 12.8. The molecule has 2 N–H and O–H groups in total. The molecule has 0 aliphatic carbocycles. The van der Waals surface area contributed by atoms with Gasteiger partial charge in [-0.05, 0) is 48.5 Å². The van der Waals surface area contributed by atoms with Crippen LogP contribution in [0.1, 0.15) is 10.5 Å². The average molecular weight is 411 g/mol. The molecule has 0 bridgehead atoms. The Morgan fingerprint density at radius 3 is 2.34 bits per heavy atom. The van der Waals surface area contributed by atoms with Crippen molar-refractivity contribution in [3.8, 4) is 11.5 Å². The van der Waals surface area contributed by atoms with Crippen molar-refractivity contribution >= 4 is 27.3 Å². The maximum atomic E-state index is 12.6. The number of carbonyl (C=O) groups is 1. The van der Waals surface area contributed by atoms with Gasteiger partial charge in [0.25, 0.3) is 15.9 Å². The molecule has 0 saturated carbocycles. The zero-order valence-electron chi connectivity index (χ0n) is 15.2. The van der Waals surface area contributed by atoms with Gasteiger partial charge in [0.05, 0.1) is 10.6 Å². The van der Waals surface area contributed by atoms with Gasteiger partial charge >= 0.3 is 0 Å². The van der Waals surface area contributed by atoms with Gasteiger partial charge in [-0.25, -0.2) is 8.42 Å². The van der Waals surface area contributed by atoms with E-state index >= 15 is 0 Å². The minimum absolute atomic E-state index is 0.0585. The zero-order valence-corrected chi connectivity index (χ0v) is 16.0. The molecular weight excluding hydrogens is 394 g/mol. The second-order valence-electron chi connectivity index (χ2n) is 6.16. The van der Waals surface area contributed by atoms with Crippen LogP contribution < -0.4 is 19.5 Å². The fraction of sp³-hybridized carbons (Fsp3) is 0.100. The molecule has 4 rings (SSSR count). The number of benzene rings is 2. The van der Waals surface area contributed by atoms with Crippen LogP contribution in [0.2, 0.25) is 0 Å². The molecule has 1 aromatic heterocycles.